The van der Waals surface area contributed by atoms with Gasteiger partial charge in [-0.1, -0.05) is 121 Å². The molecule has 62 heavy (non-hydrogen) atoms. The molecule has 0 amide bonds. The van der Waals surface area contributed by atoms with Crippen LogP contribution in [0, 0.1) is 0 Å². The first kappa shape index (κ1) is 35.8. The Morgan fingerprint density at radius 2 is 0.806 bits per heavy atom. The van der Waals surface area contributed by atoms with Crippen LogP contribution in [-0.4, -0.2) is 29.3 Å². The summed E-state index contributed by atoms with van der Waals surface area (Å²) in [6.45, 7) is 0. The van der Waals surface area contributed by atoms with Crippen LogP contribution in [0.4, 0.5) is 0 Å². The monoisotopic (exact) mass is 814 g/mol. The van der Waals surface area contributed by atoms with Crippen LogP contribution in [0.3, 0.4) is 0 Å². The molecule has 0 atom stereocenters. The van der Waals surface area contributed by atoms with Gasteiger partial charge in [0.15, 0.2) is 0 Å². The normalized spacial score (nSPS) is 12.1. The van der Waals surface area contributed by atoms with Gasteiger partial charge < -0.3 is 14.4 Å². The number of halogens is 1. The van der Waals surface area contributed by atoms with E-state index in [0.29, 0.717) is 5.02 Å². The van der Waals surface area contributed by atoms with E-state index >= 15 is 0 Å². The second-order valence-corrected chi connectivity index (χ2v) is 16.0. The molecule has 0 saturated carbocycles. The topological polar surface area (TPSA) is 74.7 Å². The van der Waals surface area contributed by atoms with Crippen molar-refractivity contribution in [1.29, 1.82) is 0 Å². The van der Waals surface area contributed by atoms with Crippen LogP contribution in [-0.2, 0) is 0 Å². The van der Waals surface area contributed by atoms with E-state index < -0.39 is 0 Å². The first-order valence-corrected chi connectivity index (χ1v) is 21.0. The maximum absolute atomic E-state index is 6.32. The molecule has 0 spiro atoms. The summed E-state index contributed by atoms with van der Waals surface area (Å²) in [6.07, 6.45) is 10.6. The smallest absolute Gasteiger partial charge is 0.0950 e. The van der Waals surface area contributed by atoms with Crippen molar-refractivity contribution in [2.24, 2.45) is 0 Å². The Morgan fingerprint density at radius 1 is 0.371 bits per heavy atom. The Balaban J connectivity index is 1.20. The maximum atomic E-state index is 6.32. The molecule has 10 aromatic rings. The number of aromatic nitrogens is 6. The SMILES string of the molecule is Clc1ccc(-c2nc3cc(-c4c5nc(c(-c6ccccc6)c6ccc([nH]6)c(-c6ccccc6)c6nc(c(-c7ccccc7)c7ccc4[nH]7)C=C6)C=C5)ccc3n3cccc23)cc1. The standard InChI is InChI=1S/C55H35ClN6/c56-39-21-18-37(19-22-39)55-50-17-10-32-62(50)49-31-20-38(33-48(49)61-55)54-46-29-27-44(59-46)52(35-13-6-2-7-14-35)42-25-23-40(57-42)51(34-11-4-1-5-12-34)41-24-26-43(58-41)53(36-15-8-3-9-16-36)45-28-30-47(54)60-45/h1-33,57,60H. The molecule has 7 heteroatoms. The fourth-order valence-electron chi connectivity index (χ4n) is 8.99. The lowest BCUT2D eigenvalue weighted by atomic mass is 10.0. The summed E-state index contributed by atoms with van der Waals surface area (Å²) in [5, 5.41) is 0.688. The molecule has 12 rings (SSSR count). The molecule has 292 valence electrons. The van der Waals surface area contributed by atoms with Crippen molar-refractivity contribution in [2.45, 2.75) is 0 Å². The number of hydrogen-bond donors (Lipinski definition) is 2. The van der Waals surface area contributed by atoms with Gasteiger partial charge in [-0.15, -0.1) is 0 Å². The summed E-state index contributed by atoms with van der Waals surface area (Å²) in [7, 11) is 0. The molecule has 5 aromatic carbocycles. The van der Waals surface area contributed by atoms with Gasteiger partial charge in [-0.2, -0.15) is 0 Å². The number of hydrogen-bond acceptors (Lipinski definition) is 3. The van der Waals surface area contributed by atoms with Crippen LogP contribution in [0.15, 0.2) is 176 Å². The predicted octanol–water partition coefficient (Wildman–Crippen LogP) is 14.4. The molecule has 2 aliphatic heterocycles. The minimum atomic E-state index is 0.688. The zero-order valence-corrected chi connectivity index (χ0v) is 34.0. The molecule has 0 unspecified atom stereocenters. The third-order valence-electron chi connectivity index (χ3n) is 11.8. The van der Waals surface area contributed by atoms with Crippen molar-refractivity contribution < 1.29 is 0 Å². The van der Waals surface area contributed by atoms with Gasteiger partial charge in [0.2, 0.25) is 0 Å². The number of benzene rings is 5. The zero-order valence-electron chi connectivity index (χ0n) is 33.2. The molecule has 0 radical (unpaired) electrons. The first-order chi connectivity index (χ1) is 30.6. The number of H-pyrrole nitrogens is 2. The summed E-state index contributed by atoms with van der Waals surface area (Å²) in [5.74, 6) is 0. The number of nitrogens with zero attached hydrogens (tertiary/aromatic N) is 4. The van der Waals surface area contributed by atoms with Crippen LogP contribution >= 0.6 is 11.6 Å². The van der Waals surface area contributed by atoms with Crippen LogP contribution in [0.25, 0.3) is 119 Å². The Labute approximate surface area is 361 Å². The Hall–Kier alpha value is -8.06. The Kier molecular flexibility index (Phi) is 8.44. The average Bonchev–Trinajstić information content (AvgIpc) is 4.18. The lowest BCUT2D eigenvalue weighted by Crippen LogP contribution is -1.95. The van der Waals surface area contributed by atoms with E-state index in [1.165, 1.54) is 0 Å². The van der Waals surface area contributed by atoms with Gasteiger partial charge in [-0.3, -0.25) is 0 Å². The minimum Gasteiger partial charge on any atom is -0.354 e. The van der Waals surface area contributed by atoms with Crippen LogP contribution in [0.1, 0.15) is 22.8 Å². The van der Waals surface area contributed by atoms with Crippen LogP contribution in [0.2, 0.25) is 5.02 Å². The third-order valence-corrected chi connectivity index (χ3v) is 12.1. The molecule has 8 bridgehead atoms. The summed E-state index contributed by atoms with van der Waals surface area (Å²) in [4.78, 5) is 24.0. The van der Waals surface area contributed by atoms with E-state index in [-0.39, 0.29) is 0 Å². The van der Waals surface area contributed by atoms with Gasteiger partial charge in [-0.05, 0) is 107 Å². The highest BCUT2D eigenvalue weighted by Crippen LogP contribution is 2.39. The van der Waals surface area contributed by atoms with E-state index in [1.807, 2.05) is 42.5 Å². The van der Waals surface area contributed by atoms with Gasteiger partial charge in [0, 0.05) is 61.1 Å². The Bertz CT molecular complexity index is 3580. The number of fused-ring (bicyclic) bond motifs is 11. The van der Waals surface area contributed by atoms with E-state index in [4.69, 9.17) is 26.6 Å². The van der Waals surface area contributed by atoms with E-state index in [1.54, 1.807) is 0 Å². The lowest BCUT2D eigenvalue weighted by Gasteiger charge is -2.11. The summed E-state index contributed by atoms with van der Waals surface area (Å²) in [5.41, 5.74) is 20.2. The maximum Gasteiger partial charge on any atom is 0.0950 e. The highest BCUT2D eigenvalue weighted by Gasteiger charge is 2.20. The number of nitrogens with one attached hydrogen (secondary N) is 2. The van der Waals surface area contributed by atoms with Crippen LogP contribution < -0.4 is 0 Å². The quantitative estimate of drug-likeness (QED) is 0.182. The van der Waals surface area contributed by atoms with Gasteiger partial charge in [0.05, 0.1) is 45.0 Å². The van der Waals surface area contributed by atoms with Crippen molar-refractivity contribution in [3.05, 3.63) is 204 Å². The molecular weight excluding hydrogens is 780 g/mol. The predicted molar refractivity (Wildman–Crippen MR) is 257 cm³/mol. The van der Waals surface area contributed by atoms with Crippen molar-refractivity contribution in [3.63, 3.8) is 0 Å². The third kappa shape index (κ3) is 6.08. The summed E-state index contributed by atoms with van der Waals surface area (Å²) < 4.78 is 2.21. The number of rotatable bonds is 5. The molecule has 2 aliphatic rings. The fourth-order valence-corrected chi connectivity index (χ4v) is 9.11. The van der Waals surface area contributed by atoms with Gasteiger partial charge in [0.1, 0.15) is 0 Å². The van der Waals surface area contributed by atoms with Crippen molar-refractivity contribution in [3.8, 4) is 55.8 Å². The van der Waals surface area contributed by atoms with Gasteiger partial charge in [0.25, 0.3) is 0 Å². The Morgan fingerprint density at radius 3 is 1.27 bits per heavy atom. The highest BCUT2D eigenvalue weighted by molar-refractivity contribution is 6.30. The van der Waals surface area contributed by atoms with Crippen LogP contribution in [0.5, 0.6) is 0 Å². The second-order valence-electron chi connectivity index (χ2n) is 15.5. The molecular formula is C55H35ClN6. The lowest BCUT2D eigenvalue weighted by molar-refractivity contribution is 1.23. The molecule has 6 nitrogen and oxygen atoms in total. The second kappa shape index (κ2) is 14.6. The number of aromatic amines is 2. The molecule has 2 N–H and O–H groups in total. The van der Waals surface area contributed by atoms with Crippen molar-refractivity contribution >= 4 is 74.5 Å². The molecule has 7 heterocycles. The molecule has 0 fully saturated rings. The van der Waals surface area contributed by atoms with Crippen molar-refractivity contribution in [1.82, 2.24) is 29.3 Å². The average molecular weight is 815 g/mol. The van der Waals surface area contributed by atoms with E-state index in [2.05, 4.69) is 172 Å². The summed E-state index contributed by atoms with van der Waals surface area (Å²) >= 11 is 6.32. The molecule has 0 saturated heterocycles. The fraction of sp³-hybridized carbons (Fsp3) is 0. The first-order valence-electron chi connectivity index (χ1n) is 20.6. The zero-order chi connectivity index (χ0) is 41.1. The largest absolute Gasteiger partial charge is 0.354 e. The van der Waals surface area contributed by atoms with Crippen molar-refractivity contribution in [2.75, 3.05) is 0 Å². The molecule has 0 aliphatic carbocycles. The summed E-state index contributed by atoms with van der Waals surface area (Å²) in [6, 6.07) is 58.7. The van der Waals surface area contributed by atoms with E-state index in [0.717, 1.165) is 117 Å². The molecule has 5 aromatic heterocycles. The van der Waals surface area contributed by atoms with E-state index in [9.17, 15) is 0 Å². The van der Waals surface area contributed by atoms with Gasteiger partial charge in [-0.25, -0.2) is 15.0 Å². The minimum absolute atomic E-state index is 0.688. The van der Waals surface area contributed by atoms with Gasteiger partial charge >= 0.3 is 0 Å². The highest BCUT2D eigenvalue weighted by atomic mass is 35.5.